The molecule has 20 heavy (non-hydrogen) atoms. The van der Waals surface area contributed by atoms with Gasteiger partial charge in [0.25, 0.3) is 0 Å². The number of aryl methyl sites for hydroxylation is 4. The summed E-state index contributed by atoms with van der Waals surface area (Å²) in [7, 11) is 2.04. The molecule has 0 radical (unpaired) electrons. The lowest BCUT2D eigenvalue weighted by Gasteiger charge is -2.13. The molecular formula is C17H19N3. The molecule has 0 bridgehead atoms. The van der Waals surface area contributed by atoms with Crippen LogP contribution < -0.4 is 5.32 Å². The summed E-state index contributed by atoms with van der Waals surface area (Å²) in [6.45, 7) is 6.38. The van der Waals surface area contributed by atoms with E-state index in [9.17, 15) is 0 Å². The van der Waals surface area contributed by atoms with Crippen molar-refractivity contribution in [2.75, 3.05) is 5.32 Å². The Morgan fingerprint density at radius 2 is 1.65 bits per heavy atom. The van der Waals surface area contributed by atoms with E-state index in [-0.39, 0.29) is 0 Å². The molecule has 1 heterocycles. The lowest BCUT2D eigenvalue weighted by Crippen LogP contribution is -2.02. The van der Waals surface area contributed by atoms with E-state index in [2.05, 4.69) is 53.8 Å². The number of hydrogen-bond donors (Lipinski definition) is 1. The van der Waals surface area contributed by atoms with Gasteiger partial charge in [-0.05, 0) is 44.0 Å². The van der Waals surface area contributed by atoms with Gasteiger partial charge < -0.3 is 9.88 Å². The van der Waals surface area contributed by atoms with Crippen molar-refractivity contribution >= 4 is 22.7 Å². The van der Waals surface area contributed by atoms with Crippen LogP contribution in [0.3, 0.4) is 0 Å². The second kappa shape index (κ2) is 4.67. The summed E-state index contributed by atoms with van der Waals surface area (Å²) in [5, 5.41) is 3.48. The van der Waals surface area contributed by atoms with Gasteiger partial charge in [0, 0.05) is 12.7 Å². The molecule has 3 aromatic rings. The third-order valence-corrected chi connectivity index (χ3v) is 3.70. The summed E-state index contributed by atoms with van der Waals surface area (Å²) in [5.74, 6) is 0.876. The number of hydrogen-bond acceptors (Lipinski definition) is 2. The van der Waals surface area contributed by atoms with Crippen LogP contribution in [0.1, 0.15) is 16.7 Å². The minimum atomic E-state index is 0.876. The van der Waals surface area contributed by atoms with E-state index in [0.717, 1.165) is 22.7 Å². The highest BCUT2D eigenvalue weighted by molar-refractivity contribution is 5.80. The molecule has 1 aromatic heterocycles. The molecule has 2 aromatic carbocycles. The highest BCUT2D eigenvalue weighted by atomic mass is 15.2. The van der Waals surface area contributed by atoms with Crippen LogP contribution in [-0.2, 0) is 7.05 Å². The number of rotatable bonds is 2. The average molecular weight is 265 g/mol. The summed E-state index contributed by atoms with van der Waals surface area (Å²) in [4.78, 5) is 4.66. The number of anilines is 2. The second-order valence-electron chi connectivity index (χ2n) is 5.38. The number of aromatic nitrogens is 2. The number of imidazole rings is 1. The van der Waals surface area contributed by atoms with Gasteiger partial charge >= 0.3 is 0 Å². The van der Waals surface area contributed by atoms with Crippen molar-refractivity contribution in [1.29, 1.82) is 0 Å². The van der Waals surface area contributed by atoms with E-state index in [1.807, 2.05) is 25.2 Å². The lowest BCUT2D eigenvalue weighted by molar-refractivity contribution is 0.957. The molecule has 0 fully saturated rings. The molecule has 0 aliphatic heterocycles. The Labute approximate surface area is 119 Å². The van der Waals surface area contributed by atoms with Crippen LogP contribution >= 0.6 is 0 Å². The molecular weight excluding hydrogens is 246 g/mol. The van der Waals surface area contributed by atoms with Crippen LogP contribution in [-0.4, -0.2) is 9.55 Å². The van der Waals surface area contributed by atoms with Crippen molar-refractivity contribution in [3.63, 3.8) is 0 Å². The molecule has 0 atom stereocenters. The van der Waals surface area contributed by atoms with Crippen molar-refractivity contribution in [1.82, 2.24) is 9.55 Å². The molecule has 102 valence electrons. The third-order valence-electron chi connectivity index (χ3n) is 3.70. The van der Waals surface area contributed by atoms with Crippen LogP contribution in [0.15, 0.2) is 36.4 Å². The topological polar surface area (TPSA) is 29.9 Å². The monoisotopic (exact) mass is 265 g/mol. The first-order valence-corrected chi connectivity index (χ1v) is 6.82. The zero-order valence-electron chi connectivity index (χ0n) is 12.4. The van der Waals surface area contributed by atoms with E-state index < -0.39 is 0 Å². The minimum Gasteiger partial charge on any atom is -0.325 e. The van der Waals surface area contributed by atoms with Crippen LogP contribution in [0.5, 0.6) is 0 Å². The normalized spacial score (nSPS) is 11.0. The molecule has 0 amide bonds. The maximum absolute atomic E-state index is 4.66. The Bertz CT molecular complexity index is 761. The fourth-order valence-corrected chi connectivity index (χ4v) is 2.75. The van der Waals surface area contributed by atoms with Crippen LogP contribution in [0.25, 0.3) is 11.0 Å². The first-order chi connectivity index (χ1) is 9.56. The van der Waals surface area contributed by atoms with Gasteiger partial charge in [0.15, 0.2) is 0 Å². The first kappa shape index (κ1) is 12.7. The Balaban J connectivity index is 2.08. The van der Waals surface area contributed by atoms with Crippen LogP contribution in [0.2, 0.25) is 0 Å². The maximum atomic E-state index is 4.66. The number of benzene rings is 2. The molecule has 3 nitrogen and oxygen atoms in total. The quantitative estimate of drug-likeness (QED) is 0.751. The number of fused-ring (bicyclic) bond motifs is 1. The lowest BCUT2D eigenvalue weighted by atomic mass is 10.1. The molecule has 0 saturated heterocycles. The van der Waals surface area contributed by atoms with Gasteiger partial charge in [0.05, 0.1) is 11.0 Å². The average Bonchev–Trinajstić information content (AvgIpc) is 2.71. The summed E-state index contributed by atoms with van der Waals surface area (Å²) < 4.78 is 2.09. The number of para-hydroxylation sites is 2. The van der Waals surface area contributed by atoms with Gasteiger partial charge in [-0.25, -0.2) is 4.98 Å². The highest BCUT2D eigenvalue weighted by Gasteiger charge is 2.10. The van der Waals surface area contributed by atoms with Crippen LogP contribution in [0, 0.1) is 20.8 Å². The van der Waals surface area contributed by atoms with Crippen molar-refractivity contribution < 1.29 is 0 Å². The highest BCUT2D eigenvalue weighted by Crippen LogP contribution is 2.27. The molecule has 3 rings (SSSR count). The molecule has 0 saturated carbocycles. The van der Waals surface area contributed by atoms with Gasteiger partial charge in [0.1, 0.15) is 0 Å². The Morgan fingerprint density at radius 3 is 2.30 bits per heavy atom. The van der Waals surface area contributed by atoms with Crippen LogP contribution in [0.4, 0.5) is 11.6 Å². The Hall–Kier alpha value is -2.29. The molecule has 0 aliphatic carbocycles. The molecule has 0 unspecified atom stereocenters. The third kappa shape index (κ3) is 2.05. The van der Waals surface area contributed by atoms with Crippen molar-refractivity contribution in [2.45, 2.75) is 20.8 Å². The van der Waals surface area contributed by atoms with Gasteiger partial charge in [-0.2, -0.15) is 0 Å². The van der Waals surface area contributed by atoms with E-state index in [0.29, 0.717) is 0 Å². The van der Waals surface area contributed by atoms with Crippen molar-refractivity contribution in [2.24, 2.45) is 7.05 Å². The summed E-state index contributed by atoms with van der Waals surface area (Å²) in [6.07, 6.45) is 0. The van der Waals surface area contributed by atoms with Gasteiger partial charge in [-0.3, -0.25) is 0 Å². The largest absolute Gasteiger partial charge is 0.325 e. The molecule has 0 spiro atoms. The SMILES string of the molecule is Cc1cc(C)c(Nc2nc3ccccc3n2C)c(C)c1. The predicted octanol–water partition coefficient (Wildman–Crippen LogP) is 4.24. The number of nitrogens with zero attached hydrogens (tertiary/aromatic N) is 2. The van der Waals surface area contributed by atoms with E-state index in [4.69, 9.17) is 0 Å². The Kier molecular flexibility index (Phi) is 2.97. The smallest absolute Gasteiger partial charge is 0.208 e. The summed E-state index contributed by atoms with van der Waals surface area (Å²) in [5.41, 5.74) is 7.08. The predicted molar refractivity (Wildman–Crippen MR) is 84.6 cm³/mol. The molecule has 3 heteroatoms. The van der Waals surface area contributed by atoms with Crippen molar-refractivity contribution in [3.05, 3.63) is 53.1 Å². The minimum absolute atomic E-state index is 0.876. The summed E-state index contributed by atoms with van der Waals surface area (Å²) in [6, 6.07) is 12.6. The summed E-state index contributed by atoms with van der Waals surface area (Å²) >= 11 is 0. The fraction of sp³-hybridized carbons (Fsp3) is 0.235. The maximum Gasteiger partial charge on any atom is 0.208 e. The Morgan fingerprint density at radius 1 is 1.00 bits per heavy atom. The van der Waals surface area contributed by atoms with E-state index in [1.165, 1.54) is 16.7 Å². The zero-order chi connectivity index (χ0) is 14.3. The van der Waals surface area contributed by atoms with Gasteiger partial charge in [-0.1, -0.05) is 29.8 Å². The second-order valence-corrected chi connectivity index (χ2v) is 5.38. The number of nitrogens with one attached hydrogen (secondary N) is 1. The van der Waals surface area contributed by atoms with Gasteiger partial charge in [-0.15, -0.1) is 0 Å². The zero-order valence-corrected chi connectivity index (χ0v) is 12.4. The van der Waals surface area contributed by atoms with Gasteiger partial charge in [0.2, 0.25) is 5.95 Å². The molecule has 1 N–H and O–H groups in total. The fourth-order valence-electron chi connectivity index (χ4n) is 2.75. The molecule has 0 aliphatic rings. The van der Waals surface area contributed by atoms with Crippen molar-refractivity contribution in [3.8, 4) is 0 Å². The first-order valence-electron chi connectivity index (χ1n) is 6.82. The van der Waals surface area contributed by atoms with E-state index >= 15 is 0 Å². The standard InChI is InChI=1S/C17H19N3/c1-11-9-12(2)16(13(3)10-11)19-17-18-14-7-5-6-8-15(14)20(17)4/h5-10H,1-4H3,(H,18,19). The van der Waals surface area contributed by atoms with E-state index in [1.54, 1.807) is 0 Å².